The van der Waals surface area contributed by atoms with Crippen LogP contribution in [0.2, 0.25) is 5.02 Å². The number of hydrogen-bond acceptors (Lipinski definition) is 5. The molecular formula is C18H12BrClN2O3S2. The summed E-state index contributed by atoms with van der Waals surface area (Å²) in [5.41, 5.74) is 1.01. The second-order valence-electron chi connectivity index (χ2n) is 5.53. The number of carbonyl (C=O) groups excluding carboxylic acids is 2. The zero-order valence-corrected chi connectivity index (χ0v) is 17.6. The number of hydrogen-bond donors (Lipinski definition) is 2. The molecule has 5 nitrogen and oxygen atoms in total. The molecular weight excluding hydrogens is 472 g/mol. The second-order valence-corrected chi connectivity index (χ2v) is 8.56. The molecule has 0 aliphatic carbocycles. The summed E-state index contributed by atoms with van der Waals surface area (Å²) in [5, 5.41) is 12.7. The van der Waals surface area contributed by atoms with Gasteiger partial charge in [-0.2, -0.15) is 0 Å². The quantitative estimate of drug-likeness (QED) is 0.376. The number of nitrogens with zero attached hydrogens (tertiary/aromatic N) is 1. The first kappa shape index (κ1) is 19.9. The van der Waals surface area contributed by atoms with Gasteiger partial charge in [0.1, 0.15) is 16.6 Å². The third-order valence-electron chi connectivity index (χ3n) is 3.55. The van der Waals surface area contributed by atoms with E-state index in [1.807, 2.05) is 24.3 Å². The summed E-state index contributed by atoms with van der Waals surface area (Å²) in [7, 11) is 0. The predicted molar refractivity (Wildman–Crippen MR) is 116 cm³/mol. The Hall–Kier alpha value is -1.87. The zero-order chi connectivity index (χ0) is 19.6. The van der Waals surface area contributed by atoms with Crippen molar-refractivity contribution in [2.45, 2.75) is 0 Å². The first-order valence-electron chi connectivity index (χ1n) is 7.63. The van der Waals surface area contributed by atoms with Crippen LogP contribution in [0.25, 0.3) is 6.08 Å². The summed E-state index contributed by atoms with van der Waals surface area (Å²) < 4.78 is 1.19. The minimum Gasteiger partial charge on any atom is -0.506 e. The van der Waals surface area contributed by atoms with Crippen LogP contribution in [0.15, 0.2) is 51.8 Å². The molecule has 27 heavy (non-hydrogen) atoms. The third-order valence-corrected chi connectivity index (χ3v) is 5.66. The smallest absolute Gasteiger partial charge is 0.266 e. The number of thioether (sulfide) groups is 1. The van der Waals surface area contributed by atoms with Crippen LogP contribution in [0.3, 0.4) is 0 Å². The van der Waals surface area contributed by atoms with E-state index in [0.29, 0.717) is 14.2 Å². The average molecular weight is 484 g/mol. The van der Waals surface area contributed by atoms with Crippen molar-refractivity contribution >= 4 is 79.4 Å². The van der Waals surface area contributed by atoms with E-state index in [9.17, 15) is 14.7 Å². The monoisotopic (exact) mass is 482 g/mol. The molecule has 0 radical (unpaired) electrons. The molecule has 2 N–H and O–H groups in total. The molecule has 0 saturated carbocycles. The topological polar surface area (TPSA) is 69.6 Å². The van der Waals surface area contributed by atoms with Gasteiger partial charge < -0.3 is 10.4 Å². The summed E-state index contributed by atoms with van der Waals surface area (Å²) >= 11 is 15.6. The molecule has 3 rings (SSSR count). The minimum atomic E-state index is -0.493. The molecule has 1 aliphatic heterocycles. The third kappa shape index (κ3) is 4.90. The van der Waals surface area contributed by atoms with Gasteiger partial charge in [-0.05, 0) is 42.0 Å². The highest BCUT2D eigenvalue weighted by Gasteiger charge is 2.33. The molecule has 0 unspecified atom stereocenters. The molecule has 2 amide bonds. The fraction of sp³-hybridized carbons (Fsp3) is 0.0556. The summed E-state index contributed by atoms with van der Waals surface area (Å²) in [6, 6.07) is 11.8. The van der Waals surface area contributed by atoms with Crippen LogP contribution in [-0.2, 0) is 9.59 Å². The molecule has 0 aromatic heterocycles. The number of aromatic hydroxyl groups is 1. The lowest BCUT2D eigenvalue weighted by Crippen LogP contribution is -2.36. The van der Waals surface area contributed by atoms with Gasteiger partial charge in [-0.25, -0.2) is 0 Å². The lowest BCUT2D eigenvalue weighted by Gasteiger charge is -2.14. The van der Waals surface area contributed by atoms with Crippen molar-refractivity contribution in [3.8, 4) is 5.75 Å². The van der Waals surface area contributed by atoms with E-state index >= 15 is 0 Å². The largest absolute Gasteiger partial charge is 0.506 e. The predicted octanol–water partition coefficient (Wildman–Crippen LogP) is 4.65. The van der Waals surface area contributed by atoms with Crippen LogP contribution in [0, 0.1) is 0 Å². The van der Waals surface area contributed by atoms with E-state index in [-0.39, 0.29) is 23.9 Å². The summed E-state index contributed by atoms with van der Waals surface area (Å²) in [6.45, 7) is -0.257. The highest BCUT2D eigenvalue weighted by atomic mass is 79.9. The second kappa shape index (κ2) is 8.43. The van der Waals surface area contributed by atoms with Gasteiger partial charge >= 0.3 is 0 Å². The number of nitrogens with one attached hydrogen (secondary N) is 1. The number of amides is 2. The Bertz CT molecular complexity index is 981. The maximum Gasteiger partial charge on any atom is 0.266 e. The van der Waals surface area contributed by atoms with Crippen molar-refractivity contribution in [1.29, 1.82) is 0 Å². The number of phenolic OH excluding ortho intramolecular Hbond substituents is 1. The van der Waals surface area contributed by atoms with Gasteiger partial charge in [0, 0.05) is 9.50 Å². The van der Waals surface area contributed by atoms with Gasteiger partial charge in [0.25, 0.3) is 5.91 Å². The van der Waals surface area contributed by atoms with Gasteiger partial charge in [-0.1, -0.05) is 63.6 Å². The lowest BCUT2D eigenvalue weighted by molar-refractivity contribution is -0.126. The van der Waals surface area contributed by atoms with E-state index < -0.39 is 5.91 Å². The lowest BCUT2D eigenvalue weighted by atomic mass is 10.2. The van der Waals surface area contributed by atoms with Gasteiger partial charge in [0.2, 0.25) is 5.91 Å². The Balaban J connectivity index is 1.72. The van der Waals surface area contributed by atoms with Crippen molar-refractivity contribution in [2.75, 3.05) is 11.9 Å². The number of carbonyl (C=O) groups is 2. The minimum absolute atomic E-state index is 0.118. The number of halogens is 2. The number of thiocarbonyl (C=S) groups is 1. The molecule has 2 aromatic carbocycles. The SMILES string of the molecule is O=C(CN1C(=O)/C(=C/c2cccc(Br)c2)SC1=S)Nc1cc(Cl)ccc1O. The Kier molecular flexibility index (Phi) is 6.21. The fourth-order valence-corrected chi connectivity index (χ4v) is 4.17. The van der Waals surface area contributed by atoms with E-state index in [4.69, 9.17) is 23.8 Å². The molecule has 138 valence electrons. The average Bonchev–Trinajstić information content (AvgIpc) is 2.86. The van der Waals surface area contributed by atoms with E-state index in [0.717, 1.165) is 21.8 Å². The Morgan fingerprint density at radius 1 is 1.33 bits per heavy atom. The highest BCUT2D eigenvalue weighted by Crippen LogP contribution is 2.33. The first-order chi connectivity index (χ1) is 12.8. The summed E-state index contributed by atoms with van der Waals surface area (Å²) in [4.78, 5) is 26.5. The van der Waals surface area contributed by atoms with Crippen molar-refractivity contribution in [1.82, 2.24) is 4.90 Å². The van der Waals surface area contributed by atoms with Crippen molar-refractivity contribution in [2.24, 2.45) is 0 Å². The van der Waals surface area contributed by atoms with Crippen molar-refractivity contribution < 1.29 is 14.7 Å². The molecule has 0 bridgehead atoms. The molecule has 1 fully saturated rings. The van der Waals surface area contributed by atoms with Crippen LogP contribution in [0.5, 0.6) is 5.75 Å². The zero-order valence-electron chi connectivity index (χ0n) is 13.6. The molecule has 0 atom stereocenters. The number of phenols is 1. The van der Waals surface area contributed by atoms with Crippen LogP contribution >= 0.6 is 51.5 Å². The maximum atomic E-state index is 12.6. The van der Waals surface area contributed by atoms with Gasteiger partial charge in [-0.3, -0.25) is 14.5 Å². The van der Waals surface area contributed by atoms with Gasteiger partial charge in [-0.15, -0.1) is 0 Å². The van der Waals surface area contributed by atoms with Crippen LogP contribution in [-0.4, -0.2) is 32.7 Å². The standard InChI is InChI=1S/C18H12BrClN2O3S2/c19-11-3-1-2-10(6-11)7-15-17(25)22(18(26)27-15)9-16(24)21-13-8-12(20)4-5-14(13)23/h1-8,23H,9H2,(H,21,24)/b15-7-. The van der Waals surface area contributed by atoms with Gasteiger partial charge in [0.15, 0.2) is 0 Å². The molecule has 9 heteroatoms. The van der Waals surface area contributed by atoms with E-state index in [1.165, 1.54) is 23.1 Å². The Morgan fingerprint density at radius 2 is 2.11 bits per heavy atom. The van der Waals surface area contributed by atoms with Crippen molar-refractivity contribution in [3.63, 3.8) is 0 Å². The fourth-order valence-electron chi connectivity index (χ4n) is 2.33. The van der Waals surface area contributed by atoms with E-state index in [2.05, 4.69) is 21.2 Å². The van der Waals surface area contributed by atoms with E-state index in [1.54, 1.807) is 6.08 Å². The molecule has 1 heterocycles. The molecule has 1 saturated heterocycles. The van der Waals surface area contributed by atoms with Crippen LogP contribution in [0.4, 0.5) is 5.69 Å². The van der Waals surface area contributed by atoms with Crippen LogP contribution in [0.1, 0.15) is 5.56 Å². The summed E-state index contributed by atoms with van der Waals surface area (Å²) in [5.74, 6) is -0.948. The molecule has 0 spiro atoms. The number of benzene rings is 2. The molecule has 2 aromatic rings. The van der Waals surface area contributed by atoms with Crippen LogP contribution < -0.4 is 5.32 Å². The highest BCUT2D eigenvalue weighted by molar-refractivity contribution is 9.10. The first-order valence-corrected chi connectivity index (χ1v) is 10.0. The maximum absolute atomic E-state index is 12.6. The normalized spacial score (nSPS) is 15.5. The Morgan fingerprint density at radius 3 is 2.85 bits per heavy atom. The molecule has 1 aliphatic rings. The number of anilines is 1. The Labute approximate surface area is 178 Å². The van der Waals surface area contributed by atoms with Gasteiger partial charge in [0.05, 0.1) is 10.6 Å². The number of rotatable bonds is 4. The van der Waals surface area contributed by atoms with Crippen molar-refractivity contribution in [3.05, 3.63) is 62.4 Å². The summed E-state index contributed by atoms with van der Waals surface area (Å²) in [6.07, 6.45) is 1.73.